The highest BCUT2D eigenvalue weighted by atomic mass is 35.5. The molecule has 8 heteroatoms. The van der Waals surface area contributed by atoms with Crippen molar-refractivity contribution in [2.24, 2.45) is 5.84 Å². The van der Waals surface area contributed by atoms with Gasteiger partial charge in [-0.3, -0.25) is 9.59 Å². The van der Waals surface area contributed by atoms with Crippen LogP contribution in [-0.4, -0.2) is 22.0 Å². The average Bonchev–Trinajstić information content (AvgIpc) is 2.64. The van der Waals surface area contributed by atoms with Crippen molar-refractivity contribution in [1.82, 2.24) is 5.01 Å². The van der Waals surface area contributed by atoms with Gasteiger partial charge in [-0.2, -0.15) is 0 Å². The molecule has 4 N–H and O–H groups in total. The zero-order chi connectivity index (χ0) is 22.4. The smallest absolute Gasteiger partial charge is 0.307 e. The van der Waals surface area contributed by atoms with Crippen LogP contribution in [0.15, 0.2) is 65.9 Å². The van der Waals surface area contributed by atoms with Gasteiger partial charge in [0.25, 0.3) is 5.91 Å². The standard InChI is InChI=1S/C22H23Cl2N3O3/c1-13(2)20(11-21(28)29)14(3)27(25)12-15-4-6-16(7-5-15)22(30)26-19-9-17(23)8-18(24)10-19/h4-10H,1,11-12,25H2,2-3H3,(H,26,30)(H,28,29)/b20-14-. The molecule has 0 radical (unpaired) electrons. The number of anilines is 1. The number of nitrogens with one attached hydrogen (secondary N) is 1. The molecule has 0 spiro atoms. The van der Waals surface area contributed by atoms with Gasteiger partial charge in [-0.1, -0.05) is 47.5 Å². The summed E-state index contributed by atoms with van der Waals surface area (Å²) < 4.78 is 0. The van der Waals surface area contributed by atoms with Crippen LogP contribution in [0.25, 0.3) is 0 Å². The minimum atomic E-state index is -0.947. The van der Waals surface area contributed by atoms with Crippen LogP contribution in [-0.2, 0) is 11.3 Å². The van der Waals surface area contributed by atoms with Crippen LogP contribution in [0.3, 0.4) is 0 Å². The van der Waals surface area contributed by atoms with Crippen molar-refractivity contribution in [2.75, 3.05) is 5.32 Å². The number of amides is 1. The summed E-state index contributed by atoms with van der Waals surface area (Å²) in [6, 6.07) is 11.7. The van der Waals surface area contributed by atoms with Crippen LogP contribution in [0.4, 0.5) is 5.69 Å². The maximum atomic E-state index is 12.4. The topological polar surface area (TPSA) is 95.7 Å². The van der Waals surface area contributed by atoms with E-state index in [1.54, 1.807) is 56.3 Å². The average molecular weight is 448 g/mol. The number of nitrogens with zero attached hydrogens (tertiary/aromatic N) is 1. The van der Waals surface area contributed by atoms with Crippen molar-refractivity contribution in [2.45, 2.75) is 26.8 Å². The molecule has 0 aliphatic rings. The summed E-state index contributed by atoms with van der Waals surface area (Å²) in [4.78, 5) is 23.5. The zero-order valence-electron chi connectivity index (χ0n) is 16.7. The molecule has 2 aromatic carbocycles. The number of carboxylic acids is 1. The summed E-state index contributed by atoms with van der Waals surface area (Å²) >= 11 is 11.9. The van der Waals surface area contributed by atoms with Crippen LogP contribution >= 0.6 is 23.2 Å². The van der Waals surface area contributed by atoms with E-state index in [1.165, 1.54) is 5.01 Å². The molecule has 0 fully saturated rings. The third-order valence-electron chi connectivity index (χ3n) is 4.40. The number of carbonyl (C=O) groups is 2. The van der Waals surface area contributed by atoms with Gasteiger partial charge in [0, 0.05) is 27.0 Å². The lowest BCUT2D eigenvalue weighted by Gasteiger charge is -2.23. The van der Waals surface area contributed by atoms with Gasteiger partial charge in [0.15, 0.2) is 0 Å². The van der Waals surface area contributed by atoms with Crippen molar-refractivity contribution in [3.05, 3.63) is 87.1 Å². The number of hydrogen-bond acceptors (Lipinski definition) is 4. The molecule has 0 unspecified atom stereocenters. The largest absolute Gasteiger partial charge is 0.481 e. The second kappa shape index (κ2) is 10.3. The number of hydrogen-bond donors (Lipinski definition) is 3. The fourth-order valence-electron chi connectivity index (χ4n) is 2.82. The Morgan fingerprint density at radius 2 is 1.67 bits per heavy atom. The summed E-state index contributed by atoms with van der Waals surface area (Å²) in [5.41, 5.74) is 3.68. The Labute approximate surface area is 185 Å². The Hall–Kier alpha value is -2.80. The van der Waals surface area contributed by atoms with Crippen LogP contribution < -0.4 is 11.2 Å². The van der Waals surface area contributed by atoms with Gasteiger partial charge in [-0.25, -0.2) is 5.84 Å². The number of carbonyl (C=O) groups excluding carboxylic acids is 1. The molecule has 0 atom stereocenters. The summed E-state index contributed by atoms with van der Waals surface area (Å²) in [5, 5.41) is 14.2. The number of carboxylic acid groups (broad SMARTS) is 1. The minimum Gasteiger partial charge on any atom is -0.481 e. The molecule has 30 heavy (non-hydrogen) atoms. The molecule has 0 aliphatic carbocycles. The Balaban J connectivity index is 2.10. The quantitative estimate of drug-likeness (QED) is 0.291. The van der Waals surface area contributed by atoms with Crippen molar-refractivity contribution in [3.63, 3.8) is 0 Å². The molecular formula is C22H23Cl2N3O3. The number of halogens is 2. The number of nitrogens with two attached hydrogens (primary N) is 1. The van der Waals surface area contributed by atoms with Gasteiger partial charge < -0.3 is 15.4 Å². The second-order valence-corrected chi connectivity index (χ2v) is 7.72. The predicted molar refractivity (Wildman–Crippen MR) is 120 cm³/mol. The van der Waals surface area contributed by atoms with Gasteiger partial charge in [0.1, 0.15) is 0 Å². The van der Waals surface area contributed by atoms with Crippen LogP contribution in [0.2, 0.25) is 10.0 Å². The number of rotatable bonds is 8. The van der Waals surface area contributed by atoms with Crippen molar-refractivity contribution >= 4 is 40.8 Å². The first-order valence-electron chi connectivity index (χ1n) is 9.03. The highest BCUT2D eigenvalue weighted by Crippen LogP contribution is 2.23. The number of benzene rings is 2. The monoisotopic (exact) mass is 447 g/mol. The van der Waals surface area contributed by atoms with Gasteiger partial charge in [-0.05, 0) is 55.3 Å². The number of aliphatic carboxylic acids is 1. The molecule has 2 rings (SSSR count). The molecule has 0 aromatic heterocycles. The first-order chi connectivity index (χ1) is 14.1. The predicted octanol–water partition coefficient (Wildman–Crippen LogP) is 5.25. The van der Waals surface area contributed by atoms with E-state index in [2.05, 4.69) is 11.9 Å². The van der Waals surface area contributed by atoms with E-state index >= 15 is 0 Å². The van der Waals surface area contributed by atoms with E-state index in [-0.39, 0.29) is 12.3 Å². The van der Waals surface area contributed by atoms with Crippen LogP contribution in [0.5, 0.6) is 0 Å². The van der Waals surface area contributed by atoms with Crippen molar-refractivity contribution in [3.8, 4) is 0 Å². The minimum absolute atomic E-state index is 0.151. The fraction of sp³-hybridized carbons (Fsp3) is 0.182. The van der Waals surface area contributed by atoms with Gasteiger partial charge >= 0.3 is 5.97 Å². The third-order valence-corrected chi connectivity index (χ3v) is 4.84. The molecule has 6 nitrogen and oxygen atoms in total. The van der Waals surface area contributed by atoms with Crippen LogP contribution in [0, 0.1) is 0 Å². The lowest BCUT2D eigenvalue weighted by molar-refractivity contribution is -0.136. The first kappa shape index (κ1) is 23.5. The summed E-state index contributed by atoms with van der Waals surface area (Å²) in [7, 11) is 0. The van der Waals surface area contributed by atoms with Crippen molar-refractivity contribution < 1.29 is 14.7 Å². The highest BCUT2D eigenvalue weighted by Gasteiger charge is 2.13. The number of allylic oxidation sites excluding steroid dienone is 2. The maximum absolute atomic E-state index is 12.4. The SMILES string of the molecule is C=C(C)/C(CC(=O)O)=C(/C)N(N)Cc1ccc(C(=O)Nc2cc(Cl)cc(Cl)c2)cc1. The van der Waals surface area contributed by atoms with Gasteiger partial charge in [0.05, 0.1) is 13.0 Å². The fourth-order valence-corrected chi connectivity index (χ4v) is 3.34. The molecule has 0 aliphatic heterocycles. The summed E-state index contributed by atoms with van der Waals surface area (Å²) in [6.07, 6.45) is -0.151. The molecule has 1 amide bonds. The maximum Gasteiger partial charge on any atom is 0.307 e. The molecule has 158 valence electrons. The Morgan fingerprint density at radius 3 is 2.17 bits per heavy atom. The van der Waals surface area contributed by atoms with E-state index in [1.807, 2.05) is 0 Å². The molecule has 0 saturated carbocycles. The second-order valence-electron chi connectivity index (χ2n) is 6.85. The molecule has 0 saturated heterocycles. The lowest BCUT2D eigenvalue weighted by atomic mass is 10.0. The highest BCUT2D eigenvalue weighted by molar-refractivity contribution is 6.35. The zero-order valence-corrected chi connectivity index (χ0v) is 18.2. The summed E-state index contributed by atoms with van der Waals surface area (Å²) in [6.45, 7) is 7.67. The van der Waals surface area contributed by atoms with Gasteiger partial charge in [0.2, 0.25) is 0 Å². The normalized spacial score (nSPS) is 11.5. The third kappa shape index (κ3) is 6.62. The Kier molecular flexibility index (Phi) is 8.06. The lowest BCUT2D eigenvalue weighted by Crippen LogP contribution is -2.30. The van der Waals surface area contributed by atoms with Gasteiger partial charge in [-0.15, -0.1) is 0 Å². The summed E-state index contributed by atoms with van der Waals surface area (Å²) in [5.74, 6) is 4.88. The Morgan fingerprint density at radius 1 is 1.10 bits per heavy atom. The Bertz CT molecular complexity index is 981. The molecule has 0 heterocycles. The number of hydrazine groups is 1. The van der Waals surface area contributed by atoms with Crippen LogP contribution in [0.1, 0.15) is 36.2 Å². The first-order valence-corrected chi connectivity index (χ1v) is 9.78. The molecule has 0 bridgehead atoms. The van der Waals surface area contributed by atoms with Crippen molar-refractivity contribution in [1.29, 1.82) is 0 Å². The molecule has 2 aromatic rings. The van der Waals surface area contributed by atoms with E-state index in [0.29, 0.717) is 44.7 Å². The van der Waals surface area contributed by atoms with E-state index in [9.17, 15) is 9.59 Å². The van der Waals surface area contributed by atoms with E-state index in [4.69, 9.17) is 34.2 Å². The van der Waals surface area contributed by atoms with E-state index < -0.39 is 5.97 Å². The van der Waals surface area contributed by atoms with E-state index in [0.717, 1.165) is 5.56 Å². The molecular weight excluding hydrogens is 425 g/mol.